The molecule has 0 saturated carbocycles. The Morgan fingerprint density at radius 1 is 1.38 bits per heavy atom. The normalized spacial score (nSPS) is 13.4. The smallest absolute Gasteiger partial charge is 0.321 e. The highest BCUT2D eigenvalue weighted by atomic mass is 35.5. The van der Waals surface area contributed by atoms with Gasteiger partial charge in [0.25, 0.3) is 0 Å². The van der Waals surface area contributed by atoms with Crippen molar-refractivity contribution < 1.29 is 18.3 Å². The Bertz CT molecular complexity index is 596. The number of halogens is 1. The minimum Gasteiger partial charge on any atom is -0.480 e. The van der Waals surface area contributed by atoms with Crippen LogP contribution in [0, 0.1) is 0 Å². The first-order chi connectivity index (χ1) is 9.84. The van der Waals surface area contributed by atoms with Gasteiger partial charge in [0, 0.05) is 10.4 Å². The number of carbonyl (C=O) groups is 1. The van der Waals surface area contributed by atoms with Crippen molar-refractivity contribution in [1.29, 1.82) is 0 Å². The van der Waals surface area contributed by atoms with Crippen molar-refractivity contribution in [2.45, 2.75) is 32.2 Å². The highest BCUT2D eigenvalue weighted by Crippen LogP contribution is 2.11. The Morgan fingerprint density at radius 3 is 2.52 bits per heavy atom. The molecule has 0 aliphatic heterocycles. The van der Waals surface area contributed by atoms with Crippen LogP contribution in [0.5, 0.6) is 0 Å². The topological polar surface area (TPSA) is 83.5 Å². The molecule has 0 bridgehead atoms. The van der Waals surface area contributed by atoms with Gasteiger partial charge in [0.2, 0.25) is 10.0 Å². The van der Waals surface area contributed by atoms with Crippen molar-refractivity contribution in [2.24, 2.45) is 0 Å². The van der Waals surface area contributed by atoms with Gasteiger partial charge in [-0.1, -0.05) is 43.5 Å². The van der Waals surface area contributed by atoms with Gasteiger partial charge in [-0.05, 0) is 30.2 Å². The fraction of sp³-hybridized carbons (Fsp3) is 0.357. The van der Waals surface area contributed by atoms with Crippen LogP contribution in [0.3, 0.4) is 0 Å². The standard InChI is InChI=1S/C14H18ClNO4S/c1-2-3-4-13(14(17)18)16-21(19,20)10-9-11-5-7-12(15)8-6-11/h5-10,13,16H,2-4H2,1H3,(H,17,18)/b10-9+. The Labute approximate surface area is 129 Å². The fourth-order valence-corrected chi connectivity index (χ4v) is 2.78. The number of carboxylic acid groups (broad SMARTS) is 1. The molecule has 1 aromatic rings. The molecule has 0 amide bonds. The molecule has 0 aromatic heterocycles. The van der Waals surface area contributed by atoms with E-state index in [1.165, 1.54) is 6.08 Å². The molecular weight excluding hydrogens is 314 g/mol. The number of nitrogens with one attached hydrogen (secondary N) is 1. The van der Waals surface area contributed by atoms with Gasteiger partial charge in [0.05, 0.1) is 0 Å². The second kappa shape index (κ2) is 8.17. The van der Waals surface area contributed by atoms with E-state index in [1.54, 1.807) is 24.3 Å². The van der Waals surface area contributed by atoms with Crippen molar-refractivity contribution in [3.63, 3.8) is 0 Å². The minimum atomic E-state index is -3.81. The second-order valence-corrected chi connectivity index (χ2v) is 6.58. The third kappa shape index (κ3) is 6.75. The van der Waals surface area contributed by atoms with Crippen molar-refractivity contribution in [3.8, 4) is 0 Å². The van der Waals surface area contributed by atoms with E-state index in [0.29, 0.717) is 17.0 Å². The Hall–Kier alpha value is -1.37. The Balaban J connectivity index is 2.75. The largest absolute Gasteiger partial charge is 0.480 e. The van der Waals surface area contributed by atoms with Crippen LogP contribution in [-0.4, -0.2) is 25.5 Å². The van der Waals surface area contributed by atoms with Gasteiger partial charge >= 0.3 is 5.97 Å². The van der Waals surface area contributed by atoms with Crippen molar-refractivity contribution in [2.75, 3.05) is 0 Å². The van der Waals surface area contributed by atoms with E-state index in [0.717, 1.165) is 11.8 Å². The van der Waals surface area contributed by atoms with Gasteiger partial charge in [0.1, 0.15) is 6.04 Å². The lowest BCUT2D eigenvalue weighted by Crippen LogP contribution is -2.39. The molecule has 0 saturated heterocycles. The van der Waals surface area contributed by atoms with Crippen LogP contribution in [0.1, 0.15) is 31.7 Å². The number of sulfonamides is 1. The zero-order chi connectivity index (χ0) is 15.9. The molecule has 1 rings (SSSR count). The summed E-state index contributed by atoms with van der Waals surface area (Å²) in [6, 6.07) is 5.51. The first-order valence-electron chi connectivity index (χ1n) is 6.53. The van der Waals surface area contributed by atoms with E-state index >= 15 is 0 Å². The van der Waals surface area contributed by atoms with E-state index in [-0.39, 0.29) is 6.42 Å². The number of carboxylic acids is 1. The van der Waals surface area contributed by atoms with E-state index in [9.17, 15) is 13.2 Å². The van der Waals surface area contributed by atoms with E-state index in [2.05, 4.69) is 4.72 Å². The summed E-state index contributed by atoms with van der Waals surface area (Å²) in [6.07, 6.45) is 3.09. The summed E-state index contributed by atoms with van der Waals surface area (Å²) in [6.45, 7) is 1.91. The van der Waals surface area contributed by atoms with Gasteiger partial charge in [-0.3, -0.25) is 4.79 Å². The number of rotatable bonds is 8. The summed E-state index contributed by atoms with van der Waals surface area (Å²) in [4.78, 5) is 11.0. The molecule has 1 aromatic carbocycles. The zero-order valence-electron chi connectivity index (χ0n) is 11.6. The lowest BCUT2D eigenvalue weighted by molar-refractivity contribution is -0.139. The maximum atomic E-state index is 11.9. The van der Waals surface area contributed by atoms with Crippen molar-refractivity contribution >= 4 is 33.7 Å². The molecular formula is C14H18ClNO4S. The van der Waals surface area contributed by atoms with Crippen LogP contribution in [0.4, 0.5) is 0 Å². The molecule has 1 unspecified atom stereocenters. The number of benzene rings is 1. The van der Waals surface area contributed by atoms with E-state index in [1.807, 2.05) is 6.92 Å². The predicted octanol–water partition coefficient (Wildman–Crippen LogP) is 2.87. The maximum absolute atomic E-state index is 11.9. The maximum Gasteiger partial charge on any atom is 0.321 e. The van der Waals surface area contributed by atoms with Crippen LogP contribution in [0.25, 0.3) is 6.08 Å². The van der Waals surface area contributed by atoms with Gasteiger partial charge < -0.3 is 5.11 Å². The van der Waals surface area contributed by atoms with Crippen molar-refractivity contribution in [3.05, 3.63) is 40.3 Å². The third-order valence-corrected chi connectivity index (χ3v) is 4.12. The van der Waals surface area contributed by atoms with Crippen LogP contribution in [0.2, 0.25) is 5.02 Å². The first kappa shape index (κ1) is 17.7. The molecule has 0 radical (unpaired) electrons. The number of hydrogen-bond donors (Lipinski definition) is 2. The summed E-state index contributed by atoms with van der Waals surface area (Å²) < 4.78 is 25.9. The van der Waals surface area contributed by atoms with Crippen LogP contribution in [-0.2, 0) is 14.8 Å². The molecule has 0 heterocycles. The van der Waals surface area contributed by atoms with Gasteiger partial charge in [0.15, 0.2) is 0 Å². The lowest BCUT2D eigenvalue weighted by atomic mass is 10.1. The van der Waals surface area contributed by atoms with Gasteiger partial charge in [-0.25, -0.2) is 8.42 Å². The third-order valence-electron chi connectivity index (χ3n) is 2.76. The van der Waals surface area contributed by atoms with Gasteiger partial charge in [-0.2, -0.15) is 4.72 Å². The van der Waals surface area contributed by atoms with Gasteiger partial charge in [-0.15, -0.1) is 0 Å². The van der Waals surface area contributed by atoms with Crippen LogP contribution < -0.4 is 4.72 Å². The molecule has 0 aliphatic rings. The highest BCUT2D eigenvalue weighted by molar-refractivity contribution is 7.92. The number of unbranched alkanes of at least 4 members (excludes halogenated alkanes) is 1. The minimum absolute atomic E-state index is 0.264. The highest BCUT2D eigenvalue weighted by Gasteiger charge is 2.21. The molecule has 1 atom stereocenters. The quantitative estimate of drug-likeness (QED) is 0.767. The summed E-state index contributed by atoms with van der Waals surface area (Å²) >= 11 is 5.73. The molecule has 0 aliphatic carbocycles. The molecule has 0 spiro atoms. The average molecular weight is 332 g/mol. The van der Waals surface area contributed by atoms with Crippen molar-refractivity contribution in [1.82, 2.24) is 4.72 Å². The molecule has 116 valence electrons. The molecule has 2 N–H and O–H groups in total. The molecule has 5 nitrogen and oxygen atoms in total. The summed E-state index contributed by atoms with van der Waals surface area (Å²) in [5.74, 6) is -1.17. The summed E-state index contributed by atoms with van der Waals surface area (Å²) in [5, 5.41) is 10.5. The number of aliphatic carboxylic acids is 1. The lowest BCUT2D eigenvalue weighted by Gasteiger charge is -2.12. The molecule has 0 fully saturated rings. The first-order valence-corrected chi connectivity index (χ1v) is 8.45. The number of hydrogen-bond acceptors (Lipinski definition) is 3. The monoisotopic (exact) mass is 331 g/mol. The summed E-state index contributed by atoms with van der Waals surface area (Å²) in [5.41, 5.74) is 0.658. The molecule has 21 heavy (non-hydrogen) atoms. The van der Waals surface area contributed by atoms with E-state index < -0.39 is 22.0 Å². The SMILES string of the molecule is CCCCC(NS(=O)(=O)/C=C/c1ccc(Cl)cc1)C(=O)O. The second-order valence-electron chi connectivity index (χ2n) is 4.55. The Kier molecular flexibility index (Phi) is 6.87. The Morgan fingerprint density at radius 2 is 2.00 bits per heavy atom. The summed E-state index contributed by atoms with van der Waals surface area (Å²) in [7, 11) is -3.81. The van der Waals surface area contributed by atoms with Crippen LogP contribution in [0.15, 0.2) is 29.7 Å². The average Bonchev–Trinajstić information content (AvgIpc) is 2.42. The fourth-order valence-electron chi connectivity index (χ4n) is 1.62. The van der Waals surface area contributed by atoms with Crippen LogP contribution >= 0.6 is 11.6 Å². The zero-order valence-corrected chi connectivity index (χ0v) is 13.2. The molecule has 7 heteroatoms. The van der Waals surface area contributed by atoms with E-state index in [4.69, 9.17) is 16.7 Å². The predicted molar refractivity (Wildman–Crippen MR) is 83.5 cm³/mol.